The summed E-state index contributed by atoms with van der Waals surface area (Å²) >= 11 is 0. The summed E-state index contributed by atoms with van der Waals surface area (Å²) < 4.78 is 0. The number of imidazole rings is 1. The van der Waals surface area contributed by atoms with Crippen LogP contribution in [0.3, 0.4) is 0 Å². The van der Waals surface area contributed by atoms with Crippen LogP contribution in [0.15, 0.2) is 24.3 Å². The van der Waals surface area contributed by atoms with E-state index in [1.54, 1.807) is 0 Å². The number of benzene rings is 1. The van der Waals surface area contributed by atoms with E-state index >= 15 is 0 Å². The molecule has 3 aliphatic rings. The van der Waals surface area contributed by atoms with Crippen molar-refractivity contribution < 1.29 is 4.79 Å². The first kappa shape index (κ1) is 14.5. The van der Waals surface area contributed by atoms with Gasteiger partial charge < -0.3 is 9.88 Å². The van der Waals surface area contributed by atoms with Gasteiger partial charge in [-0.05, 0) is 49.7 Å². The minimum atomic E-state index is 0.349. The molecule has 1 amide bonds. The molecule has 4 nitrogen and oxygen atoms in total. The topological polar surface area (TPSA) is 49.0 Å². The van der Waals surface area contributed by atoms with Crippen LogP contribution < -0.4 is 0 Å². The van der Waals surface area contributed by atoms with Gasteiger partial charge in [0.15, 0.2) is 0 Å². The molecule has 2 aromatic rings. The molecule has 1 unspecified atom stereocenters. The van der Waals surface area contributed by atoms with Crippen LogP contribution in [0.4, 0.5) is 0 Å². The molecule has 1 aromatic heterocycles. The van der Waals surface area contributed by atoms with Gasteiger partial charge in [0.1, 0.15) is 5.82 Å². The molecule has 126 valence electrons. The van der Waals surface area contributed by atoms with Crippen molar-refractivity contribution in [3.63, 3.8) is 0 Å². The molecule has 0 radical (unpaired) electrons. The second-order valence-corrected chi connectivity index (χ2v) is 7.90. The Bertz CT molecular complexity index is 722. The van der Waals surface area contributed by atoms with Crippen LogP contribution in [-0.4, -0.2) is 33.9 Å². The summed E-state index contributed by atoms with van der Waals surface area (Å²) in [4.78, 5) is 23.4. The largest absolute Gasteiger partial charge is 0.342 e. The standard InChI is InChI=1S/C20H25N3O/c24-20(18-14-7-1-2-8-15(14)18)23-11-5-6-13(12-23)19-21-16-9-3-4-10-17(16)22-19/h3-4,9-10,13-15,18H,1-2,5-8,11-12H2,(H,21,22)/t13-,14-,15+,18?/m0/s1. The van der Waals surface area contributed by atoms with Gasteiger partial charge in [-0.1, -0.05) is 25.0 Å². The minimum Gasteiger partial charge on any atom is -0.342 e. The summed E-state index contributed by atoms with van der Waals surface area (Å²) in [6.07, 6.45) is 7.43. The number of H-pyrrole nitrogens is 1. The lowest BCUT2D eigenvalue weighted by Crippen LogP contribution is -2.40. The number of hydrogen-bond donors (Lipinski definition) is 1. The van der Waals surface area contributed by atoms with Gasteiger partial charge >= 0.3 is 0 Å². The molecule has 1 N–H and O–H groups in total. The molecule has 5 rings (SSSR count). The van der Waals surface area contributed by atoms with E-state index in [1.807, 2.05) is 12.1 Å². The van der Waals surface area contributed by atoms with Gasteiger partial charge in [0.25, 0.3) is 0 Å². The Hall–Kier alpha value is -1.84. The zero-order chi connectivity index (χ0) is 16.1. The number of nitrogens with zero attached hydrogens (tertiary/aromatic N) is 2. The highest BCUT2D eigenvalue weighted by molar-refractivity contribution is 5.82. The summed E-state index contributed by atoms with van der Waals surface area (Å²) in [5.41, 5.74) is 2.13. The van der Waals surface area contributed by atoms with Crippen LogP contribution in [0.1, 0.15) is 50.3 Å². The molecule has 1 saturated heterocycles. The van der Waals surface area contributed by atoms with E-state index < -0.39 is 0 Å². The zero-order valence-electron chi connectivity index (χ0n) is 14.1. The maximum Gasteiger partial charge on any atom is 0.226 e. The molecular weight excluding hydrogens is 298 g/mol. The van der Waals surface area contributed by atoms with Crippen molar-refractivity contribution in [1.29, 1.82) is 0 Å². The van der Waals surface area contributed by atoms with Gasteiger partial charge in [0, 0.05) is 24.9 Å². The molecule has 4 atom stereocenters. The van der Waals surface area contributed by atoms with Crippen LogP contribution in [-0.2, 0) is 4.79 Å². The maximum absolute atomic E-state index is 13.0. The minimum absolute atomic E-state index is 0.349. The summed E-state index contributed by atoms with van der Waals surface area (Å²) in [6, 6.07) is 8.19. The number of fused-ring (bicyclic) bond motifs is 2. The van der Waals surface area contributed by atoms with Crippen molar-refractivity contribution in [2.45, 2.75) is 44.4 Å². The average Bonchev–Trinajstić information content (AvgIpc) is 3.20. The van der Waals surface area contributed by atoms with Crippen LogP contribution in [0.25, 0.3) is 11.0 Å². The van der Waals surface area contributed by atoms with Crippen molar-refractivity contribution in [2.24, 2.45) is 17.8 Å². The highest BCUT2D eigenvalue weighted by atomic mass is 16.2. The van der Waals surface area contributed by atoms with Crippen LogP contribution in [0.5, 0.6) is 0 Å². The Morgan fingerprint density at radius 2 is 1.88 bits per heavy atom. The highest BCUT2D eigenvalue weighted by Crippen LogP contribution is 2.56. The molecule has 0 bridgehead atoms. The maximum atomic E-state index is 13.0. The Balaban J connectivity index is 1.32. The van der Waals surface area contributed by atoms with E-state index in [4.69, 9.17) is 4.98 Å². The summed E-state index contributed by atoms with van der Waals surface area (Å²) in [6.45, 7) is 1.78. The van der Waals surface area contributed by atoms with Crippen molar-refractivity contribution >= 4 is 16.9 Å². The van der Waals surface area contributed by atoms with Crippen molar-refractivity contribution in [3.8, 4) is 0 Å². The van der Waals surface area contributed by atoms with E-state index in [0.29, 0.717) is 29.6 Å². The van der Waals surface area contributed by atoms with E-state index in [-0.39, 0.29) is 0 Å². The van der Waals surface area contributed by atoms with E-state index in [1.165, 1.54) is 25.7 Å². The third-order valence-corrected chi connectivity index (χ3v) is 6.47. The lowest BCUT2D eigenvalue weighted by atomic mass is 9.97. The van der Waals surface area contributed by atoms with E-state index in [0.717, 1.165) is 42.8 Å². The van der Waals surface area contributed by atoms with Crippen molar-refractivity contribution in [3.05, 3.63) is 30.1 Å². The van der Waals surface area contributed by atoms with Gasteiger partial charge in [-0.15, -0.1) is 0 Å². The second-order valence-electron chi connectivity index (χ2n) is 7.90. The first-order valence-electron chi connectivity index (χ1n) is 9.55. The lowest BCUT2D eigenvalue weighted by Gasteiger charge is -2.32. The number of piperidine rings is 1. The lowest BCUT2D eigenvalue weighted by molar-refractivity contribution is -0.134. The number of hydrogen-bond acceptors (Lipinski definition) is 2. The molecule has 2 saturated carbocycles. The highest BCUT2D eigenvalue weighted by Gasteiger charge is 2.56. The predicted molar refractivity (Wildman–Crippen MR) is 93.6 cm³/mol. The number of aromatic nitrogens is 2. The van der Waals surface area contributed by atoms with Gasteiger partial charge in [0.05, 0.1) is 11.0 Å². The predicted octanol–water partition coefficient (Wildman–Crippen LogP) is 3.71. The van der Waals surface area contributed by atoms with Gasteiger partial charge in [-0.25, -0.2) is 4.98 Å². The fraction of sp³-hybridized carbons (Fsp3) is 0.600. The van der Waals surface area contributed by atoms with Gasteiger partial charge in [-0.3, -0.25) is 4.79 Å². The van der Waals surface area contributed by atoms with Gasteiger partial charge in [-0.2, -0.15) is 0 Å². The fourth-order valence-corrected chi connectivity index (χ4v) is 5.14. The second kappa shape index (κ2) is 5.61. The first-order chi connectivity index (χ1) is 11.8. The molecular formula is C20H25N3O. The van der Waals surface area contributed by atoms with Crippen LogP contribution in [0, 0.1) is 17.8 Å². The number of carbonyl (C=O) groups excluding carboxylic acids is 1. The smallest absolute Gasteiger partial charge is 0.226 e. The molecule has 24 heavy (non-hydrogen) atoms. The number of carbonyl (C=O) groups is 1. The Kier molecular flexibility index (Phi) is 3.39. The molecule has 3 fully saturated rings. The normalized spacial score (nSPS) is 32.6. The van der Waals surface area contributed by atoms with Crippen LogP contribution >= 0.6 is 0 Å². The summed E-state index contributed by atoms with van der Waals surface area (Å²) in [5.74, 6) is 3.61. The Morgan fingerprint density at radius 3 is 2.67 bits per heavy atom. The quantitative estimate of drug-likeness (QED) is 0.916. The first-order valence-corrected chi connectivity index (χ1v) is 9.55. The Morgan fingerprint density at radius 1 is 1.08 bits per heavy atom. The third-order valence-electron chi connectivity index (χ3n) is 6.47. The van der Waals surface area contributed by atoms with Gasteiger partial charge in [0.2, 0.25) is 5.91 Å². The number of nitrogens with one attached hydrogen (secondary N) is 1. The third kappa shape index (κ3) is 2.35. The number of rotatable bonds is 2. The van der Waals surface area contributed by atoms with E-state index in [9.17, 15) is 4.79 Å². The average molecular weight is 323 g/mol. The van der Waals surface area contributed by atoms with Crippen molar-refractivity contribution in [1.82, 2.24) is 14.9 Å². The molecule has 2 heterocycles. The SMILES string of the molecule is O=C(C1[C@H]2CCCC[C@@H]12)N1CCC[C@H](c2nc3ccccc3[nH]2)C1. The monoisotopic (exact) mass is 323 g/mol. The molecule has 4 heteroatoms. The number of para-hydroxylation sites is 2. The molecule has 1 aliphatic heterocycles. The molecule has 1 aromatic carbocycles. The fourth-order valence-electron chi connectivity index (χ4n) is 5.14. The summed E-state index contributed by atoms with van der Waals surface area (Å²) in [7, 11) is 0. The number of aromatic amines is 1. The zero-order valence-corrected chi connectivity index (χ0v) is 14.1. The summed E-state index contributed by atoms with van der Waals surface area (Å²) in [5, 5.41) is 0. The van der Waals surface area contributed by atoms with Crippen molar-refractivity contribution in [2.75, 3.05) is 13.1 Å². The van der Waals surface area contributed by atoms with Crippen LogP contribution in [0.2, 0.25) is 0 Å². The molecule has 2 aliphatic carbocycles. The number of likely N-dealkylation sites (tertiary alicyclic amines) is 1. The van der Waals surface area contributed by atoms with E-state index in [2.05, 4.69) is 22.0 Å². The number of amides is 1. The Labute approximate surface area is 142 Å². The molecule has 0 spiro atoms.